The van der Waals surface area contributed by atoms with E-state index in [2.05, 4.69) is 45.7 Å². The first-order valence-corrected chi connectivity index (χ1v) is 7.59. The molecule has 1 aromatic heterocycles. The smallest absolute Gasteiger partial charge is 0.133 e. The molecule has 0 aliphatic carbocycles. The Hall–Kier alpha value is -0.840. The summed E-state index contributed by atoms with van der Waals surface area (Å²) in [6, 6.07) is 12.5. The molecule has 96 valence electrons. The number of para-hydroxylation sites is 1. The van der Waals surface area contributed by atoms with Crippen LogP contribution >= 0.6 is 27.3 Å². The third-order valence-corrected chi connectivity index (χ3v) is 4.33. The van der Waals surface area contributed by atoms with Crippen LogP contribution in [0.25, 0.3) is 0 Å². The molecule has 0 radical (unpaired) electrons. The first kappa shape index (κ1) is 13.6. The number of nitrogens with one attached hydrogen (secondary N) is 1. The molecule has 4 heteroatoms. The average Bonchev–Trinajstić information content (AvgIpc) is 2.90. The number of halogens is 1. The van der Waals surface area contributed by atoms with Crippen molar-refractivity contribution < 1.29 is 4.74 Å². The Morgan fingerprint density at radius 2 is 2.11 bits per heavy atom. The van der Waals surface area contributed by atoms with Crippen molar-refractivity contribution >= 4 is 27.3 Å². The Morgan fingerprint density at radius 3 is 2.83 bits per heavy atom. The lowest BCUT2D eigenvalue weighted by molar-refractivity contribution is 0.306. The summed E-state index contributed by atoms with van der Waals surface area (Å²) >= 11 is 5.24. The summed E-state index contributed by atoms with van der Waals surface area (Å²) in [5, 5.41) is 5.55. The molecule has 1 aromatic carbocycles. The van der Waals surface area contributed by atoms with Gasteiger partial charge in [0.15, 0.2) is 0 Å². The van der Waals surface area contributed by atoms with Crippen molar-refractivity contribution in [1.29, 1.82) is 0 Å². The fourth-order valence-corrected chi connectivity index (χ4v) is 2.79. The van der Waals surface area contributed by atoms with Gasteiger partial charge in [0, 0.05) is 17.5 Å². The molecule has 0 fully saturated rings. The zero-order chi connectivity index (χ0) is 12.8. The molecule has 1 heterocycles. The summed E-state index contributed by atoms with van der Waals surface area (Å²) in [4.78, 5) is 1.36. The minimum Gasteiger partial charge on any atom is -0.491 e. The first-order valence-electron chi connectivity index (χ1n) is 5.91. The second-order valence-corrected chi connectivity index (χ2v) is 5.80. The van der Waals surface area contributed by atoms with Crippen molar-refractivity contribution in [2.24, 2.45) is 0 Å². The van der Waals surface area contributed by atoms with Gasteiger partial charge in [-0.15, -0.1) is 11.3 Å². The van der Waals surface area contributed by atoms with E-state index in [1.54, 1.807) is 11.3 Å². The molecule has 2 aromatic rings. The van der Waals surface area contributed by atoms with Crippen molar-refractivity contribution in [3.05, 3.63) is 51.1 Å². The third-order valence-electron chi connectivity index (χ3n) is 2.62. The van der Waals surface area contributed by atoms with Crippen molar-refractivity contribution in [3.63, 3.8) is 0 Å². The second-order valence-electron chi connectivity index (χ2n) is 3.97. The van der Waals surface area contributed by atoms with E-state index in [4.69, 9.17) is 4.74 Å². The van der Waals surface area contributed by atoms with Gasteiger partial charge in [-0.1, -0.05) is 18.2 Å². The maximum atomic E-state index is 5.70. The molecule has 0 saturated carbocycles. The van der Waals surface area contributed by atoms with Gasteiger partial charge in [-0.2, -0.15) is 0 Å². The third kappa shape index (κ3) is 3.83. The van der Waals surface area contributed by atoms with Crippen molar-refractivity contribution in [1.82, 2.24) is 5.32 Å². The normalized spacial score (nSPS) is 12.3. The Morgan fingerprint density at radius 1 is 1.28 bits per heavy atom. The molecule has 0 saturated heterocycles. The highest BCUT2D eigenvalue weighted by molar-refractivity contribution is 9.10. The van der Waals surface area contributed by atoms with Gasteiger partial charge in [-0.3, -0.25) is 0 Å². The van der Waals surface area contributed by atoms with E-state index >= 15 is 0 Å². The molecule has 1 N–H and O–H groups in total. The largest absolute Gasteiger partial charge is 0.491 e. The van der Waals surface area contributed by atoms with Gasteiger partial charge in [-0.05, 0) is 46.4 Å². The van der Waals surface area contributed by atoms with Crippen molar-refractivity contribution in [2.75, 3.05) is 13.2 Å². The predicted molar refractivity (Wildman–Crippen MR) is 80.4 cm³/mol. The van der Waals surface area contributed by atoms with E-state index in [9.17, 15) is 0 Å². The predicted octanol–water partition coefficient (Wildman–Crippen LogP) is 4.24. The van der Waals surface area contributed by atoms with Gasteiger partial charge in [0.1, 0.15) is 12.4 Å². The zero-order valence-electron chi connectivity index (χ0n) is 10.2. The first-order chi connectivity index (χ1) is 8.77. The monoisotopic (exact) mass is 325 g/mol. The van der Waals surface area contributed by atoms with Crippen LogP contribution in [0.2, 0.25) is 0 Å². The molecule has 0 aliphatic rings. The lowest BCUT2D eigenvalue weighted by Crippen LogP contribution is -2.23. The minimum absolute atomic E-state index is 0.382. The number of rotatable bonds is 6. The van der Waals surface area contributed by atoms with Gasteiger partial charge >= 0.3 is 0 Å². The molecule has 0 aliphatic heterocycles. The standard InChI is InChI=1S/C14H16BrNOS/c1-11(14-7-4-10-18-14)16-8-9-17-13-6-3-2-5-12(13)15/h2-7,10-11,16H,8-9H2,1H3. The lowest BCUT2D eigenvalue weighted by Gasteiger charge is -2.13. The van der Waals surface area contributed by atoms with Gasteiger partial charge in [0.05, 0.1) is 4.47 Å². The van der Waals surface area contributed by atoms with Crippen LogP contribution in [0.5, 0.6) is 5.75 Å². The Balaban J connectivity index is 1.72. The Bertz CT molecular complexity index is 472. The summed E-state index contributed by atoms with van der Waals surface area (Å²) < 4.78 is 6.70. The molecule has 1 unspecified atom stereocenters. The molecule has 1 atom stereocenters. The van der Waals surface area contributed by atoms with Gasteiger partial charge in [0.2, 0.25) is 0 Å². The van der Waals surface area contributed by atoms with Gasteiger partial charge in [0.25, 0.3) is 0 Å². The highest BCUT2D eigenvalue weighted by atomic mass is 79.9. The van der Waals surface area contributed by atoms with E-state index in [0.717, 1.165) is 16.8 Å². The number of benzene rings is 1. The highest BCUT2D eigenvalue weighted by Gasteiger charge is 2.05. The molecular weight excluding hydrogens is 310 g/mol. The van der Waals surface area contributed by atoms with Crippen LogP contribution in [0, 0.1) is 0 Å². The number of hydrogen-bond donors (Lipinski definition) is 1. The van der Waals surface area contributed by atoms with Gasteiger partial charge in [-0.25, -0.2) is 0 Å². The van der Waals surface area contributed by atoms with Crippen molar-refractivity contribution in [3.8, 4) is 5.75 Å². The van der Waals surface area contributed by atoms with E-state index in [1.807, 2.05) is 24.3 Å². The Kier molecular flexibility index (Phi) is 5.23. The maximum absolute atomic E-state index is 5.70. The lowest BCUT2D eigenvalue weighted by atomic mass is 10.3. The van der Waals surface area contributed by atoms with E-state index in [1.165, 1.54) is 4.88 Å². The molecule has 0 spiro atoms. The molecule has 0 bridgehead atoms. The maximum Gasteiger partial charge on any atom is 0.133 e. The quantitative estimate of drug-likeness (QED) is 0.802. The van der Waals surface area contributed by atoms with Crippen LogP contribution in [0.15, 0.2) is 46.3 Å². The fourth-order valence-electron chi connectivity index (χ4n) is 1.64. The summed E-state index contributed by atoms with van der Waals surface area (Å²) in [5.74, 6) is 0.892. The SMILES string of the molecule is CC(NCCOc1ccccc1Br)c1cccs1. The molecule has 2 rings (SSSR count). The van der Waals surface area contributed by atoms with Gasteiger partial charge < -0.3 is 10.1 Å². The van der Waals surface area contributed by atoms with Crippen LogP contribution in [0.4, 0.5) is 0 Å². The highest BCUT2D eigenvalue weighted by Crippen LogP contribution is 2.23. The molecular formula is C14H16BrNOS. The van der Waals surface area contributed by atoms with Crippen molar-refractivity contribution in [2.45, 2.75) is 13.0 Å². The summed E-state index contributed by atoms with van der Waals surface area (Å²) in [6.07, 6.45) is 0. The van der Waals surface area contributed by atoms with E-state index in [0.29, 0.717) is 12.6 Å². The molecule has 2 nitrogen and oxygen atoms in total. The number of thiophene rings is 1. The van der Waals surface area contributed by atoms with E-state index < -0.39 is 0 Å². The average molecular weight is 326 g/mol. The Labute approximate surface area is 120 Å². The molecule has 0 amide bonds. The zero-order valence-corrected chi connectivity index (χ0v) is 12.6. The van der Waals surface area contributed by atoms with Crippen LogP contribution in [0.3, 0.4) is 0 Å². The number of ether oxygens (including phenoxy) is 1. The summed E-state index contributed by atoms with van der Waals surface area (Å²) in [7, 11) is 0. The number of hydrogen-bond acceptors (Lipinski definition) is 3. The topological polar surface area (TPSA) is 21.3 Å². The fraction of sp³-hybridized carbons (Fsp3) is 0.286. The van der Waals surface area contributed by atoms with Crippen LogP contribution < -0.4 is 10.1 Å². The van der Waals surface area contributed by atoms with Crippen LogP contribution in [-0.4, -0.2) is 13.2 Å². The van der Waals surface area contributed by atoms with Crippen LogP contribution in [-0.2, 0) is 0 Å². The molecule has 18 heavy (non-hydrogen) atoms. The minimum atomic E-state index is 0.382. The second kappa shape index (κ2) is 6.92. The summed E-state index contributed by atoms with van der Waals surface area (Å²) in [6.45, 7) is 3.67. The van der Waals surface area contributed by atoms with Crippen LogP contribution in [0.1, 0.15) is 17.8 Å². The van der Waals surface area contributed by atoms with E-state index in [-0.39, 0.29) is 0 Å². The summed E-state index contributed by atoms with van der Waals surface area (Å²) in [5.41, 5.74) is 0.